The van der Waals surface area contributed by atoms with E-state index in [1.54, 1.807) is 12.4 Å². The molecule has 1 aromatic heterocycles. The molecule has 2 rings (SSSR count). The lowest BCUT2D eigenvalue weighted by molar-refractivity contribution is 0.795. The van der Waals surface area contributed by atoms with Crippen molar-refractivity contribution in [3.8, 4) is 0 Å². The highest BCUT2D eigenvalue weighted by atomic mass is 16.1. The number of hydrogen-bond acceptors (Lipinski definition) is 3. The van der Waals surface area contributed by atoms with Crippen LogP contribution in [0.2, 0.25) is 0 Å². The third-order valence-electron chi connectivity index (χ3n) is 2.05. The van der Waals surface area contributed by atoms with Crippen molar-refractivity contribution < 1.29 is 0 Å². The fourth-order valence-corrected chi connectivity index (χ4v) is 1.40. The van der Waals surface area contributed by atoms with Gasteiger partial charge in [-0.05, 0) is 6.42 Å². The van der Waals surface area contributed by atoms with E-state index in [1.165, 1.54) is 0 Å². The smallest absolute Gasteiger partial charge is 0.290 e. The van der Waals surface area contributed by atoms with Crippen LogP contribution in [0.3, 0.4) is 0 Å². The van der Waals surface area contributed by atoms with Crippen LogP contribution in [-0.4, -0.2) is 23.1 Å². The first-order valence-electron chi connectivity index (χ1n) is 4.31. The summed E-state index contributed by atoms with van der Waals surface area (Å²) >= 11 is 0. The number of aromatic nitrogens is 2. The first-order valence-corrected chi connectivity index (χ1v) is 4.31. The molecule has 1 N–H and O–H groups in total. The molecule has 0 radical (unpaired) electrons. The Labute approximate surface area is 75.9 Å². The molecule has 0 saturated carbocycles. The SMILES string of the molecule is O=c1[nH]ccnc1N1CC=CCC1. The molecule has 68 valence electrons. The number of nitrogens with one attached hydrogen (secondary N) is 1. The maximum Gasteiger partial charge on any atom is 0.290 e. The predicted octanol–water partition coefficient (Wildman–Crippen LogP) is 0.536. The molecular weight excluding hydrogens is 166 g/mol. The van der Waals surface area contributed by atoms with Gasteiger partial charge >= 0.3 is 0 Å². The molecule has 0 saturated heterocycles. The third-order valence-corrected chi connectivity index (χ3v) is 2.05. The van der Waals surface area contributed by atoms with E-state index in [-0.39, 0.29) is 5.56 Å². The minimum Gasteiger partial charge on any atom is -0.348 e. The Kier molecular flexibility index (Phi) is 2.12. The van der Waals surface area contributed by atoms with Gasteiger partial charge in [-0.15, -0.1) is 0 Å². The Morgan fingerprint density at radius 1 is 1.46 bits per heavy atom. The standard InChI is InChI=1S/C9H11N3O/c13-9-8(10-4-5-11-9)12-6-2-1-3-7-12/h1-2,4-5H,3,6-7H2,(H,11,13). The summed E-state index contributed by atoms with van der Waals surface area (Å²) in [4.78, 5) is 20.0. The van der Waals surface area contributed by atoms with Crippen LogP contribution in [0.15, 0.2) is 29.3 Å². The number of H-pyrrole nitrogens is 1. The normalized spacial score (nSPS) is 16.2. The summed E-state index contributed by atoms with van der Waals surface area (Å²) in [6, 6.07) is 0. The number of hydrogen-bond donors (Lipinski definition) is 1. The van der Waals surface area contributed by atoms with Gasteiger partial charge in [-0.3, -0.25) is 4.79 Å². The minimum atomic E-state index is -0.113. The number of aromatic amines is 1. The zero-order valence-corrected chi connectivity index (χ0v) is 7.23. The molecule has 1 aromatic rings. The zero-order chi connectivity index (χ0) is 9.10. The van der Waals surface area contributed by atoms with E-state index in [1.807, 2.05) is 4.90 Å². The van der Waals surface area contributed by atoms with Crippen molar-refractivity contribution >= 4 is 5.82 Å². The maximum absolute atomic E-state index is 11.3. The molecule has 2 heterocycles. The molecule has 0 spiro atoms. The van der Waals surface area contributed by atoms with Crippen LogP contribution >= 0.6 is 0 Å². The molecule has 0 amide bonds. The lowest BCUT2D eigenvalue weighted by Crippen LogP contribution is -2.32. The van der Waals surface area contributed by atoms with Crippen LogP contribution < -0.4 is 10.5 Å². The maximum atomic E-state index is 11.3. The van der Waals surface area contributed by atoms with Crippen molar-refractivity contribution in [2.24, 2.45) is 0 Å². The molecular formula is C9H11N3O. The third kappa shape index (κ3) is 1.61. The molecule has 1 aliphatic heterocycles. The lowest BCUT2D eigenvalue weighted by atomic mass is 10.2. The summed E-state index contributed by atoms with van der Waals surface area (Å²) in [5.41, 5.74) is -0.113. The van der Waals surface area contributed by atoms with Gasteiger partial charge in [0.15, 0.2) is 5.82 Å². The minimum absolute atomic E-state index is 0.113. The van der Waals surface area contributed by atoms with Crippen molar-refractivity contribution in [1.82, 2.24) is 9.97 Å². The Hall–Kier alpha value is -1.58. The zero-order valence-electron chi connectivity index (χ0n) is 7.23. The fourth-order valence-electron chi connectivity index (χ4n) is 1.40. The molecule has 0 bridgehead atoms. The van der Waals surface area contributed by atoms with Gasteiger partial charge in [-0.2, -0.15) is 0 Å². The quantitative estimate of drug-likeness (QED) is 0.637. The highest BCUT2D eigenvalue weighted by Crippen LogP contribution is 2.07. The molecule has 0 aromatic carbocycles. The van der Waals surface area contributed by atoms with Gasteiger partial charge in [0.1, 0.15) is 0 Å². The molecule has 13 heavy (non-hydrogen) atoms. The van der Waals surface area contributed by atoms with E-state index in [0.29, 0.717) is 5.82 Å². The van der Waals surface area contributed by atoms with E-state index in [2.05, 4.69) is 22.1 Å². The summed E-state index contributed by atoms with van der Waals surface area (Å²) in [6.45, 7) is 1.65. The molecule has 0 unspecified atom stereocenters. The average Bonchev–Trinajstić information content (AvgIpc) is 2.20. The van der Waals surface area contributed by atoms with Gasteiger partial charge in [-0.1, -0.05) is 12.2 Å². The van der Waals surface area contributed by atoms with Crippen LogP contribution in [0.25, 0.3) is 0 Å². The fraction of sp³-hybridized carbons (Fsp3) is 0.333. The lowest BCUT2D eigenvalue weighted by Gasteiger charge is -2.22. The van der Waals surface area contributed by atoms with Crippen molar-refractivity contribution in [3.05, 3.63) is 34.9 Å². The van der Waals surface area contributed by atoms with E-state index in [0.717, 1.165) is 19.5 Å². The van der Waals surface area contributed by atoms with E-state index >= 15 is 0 Å². The molecule has 4 heteroatoms. The second-order valence-electron chi connectivity index (χ2n) is 2.95. The van der Waals surface area contributed by atoms with E-state index in [9.17, 15) is 4.79 Å². The second-order valence-corrected chi connectivity index (χ2v) is 2.95. The van der Waals surface area contributed by atoms with Crippen LogP contribution in [0.5, 0.6) is 0 Å². The first-order chi connectivity index (χ1) is 6.38. The summed E-state index contributed by atoms with van der Waals surface area (Å²) in [7, 11) is 0. The summed E-state index contributed by atoms with van der Waals surface area (Å²) in [5, 5.41) is 0. The molecule has 1 aliphatic rings. The largest absolute Gasteiger partial charge is 0.348 e. The predicted molar refractivity (Wildman–Crippen MR) is 50.8 cm³/mol. The van der Waals surface area contributed by atoms with Gasteiger partial charge in [-0.25, -0.2) is 4.98 Å². The Balaban J connectivity index is 2.30. The Morgan fingerprint density at radius 2 is 2.38 bits per heavy atom. The highest BCUT2D eigenvalue weighted by molar-refractivity contribution is 5.37. The number of nitrogens with zero attached hydrogens (tertiary/aromatic N) is 2. The molecule has 4 nitrogen and oxygen atoms in total. The first kappa shape index (κ1) is 8.04. The summed E-state index contributed by atoms with van der Waals surface area (Å²) in [6.07, 6.45) is 8.31. The van der Waals surface area contributed by atoms with Crippen LogP contribution in [0, 0.1) is 0 Å². The second kappa shape index (κ2) is 3.43. The van der Waals surface area contributed by atoms with Gasteiger partial charge < -0.3 is 9.88 Å². The molecule has 0 atom stereocenters. The van der Waals surface area contributed by atoms with Crippen molar-refractivity contribution in [2.45, 2.75) is 6.42 Å². The van der Waals surface area contributed by atoms with Gasteiger partial charge in [0, 0.05) is 25.5 Å². The van der Waals surface area contributed by atoms with Gasteiger partial charge in [0.05, 0.1) is 0 Å². The number of anilines is 1. The Morgan fingerprint density at radius 3 is 3.08 bits per heavy atom. The van der Waals surface area contributed by atoms with Crippen molar-refractivity contribution in [3.63, 3.8) is 0 Å². The monoisotopic (exact) mass is 177 g/mol. The van der Waals surface area contributed by atoms with E-state index < -0.39 is 0 Å². The average molecular weight is 177 g/mol. The number of rotatable bonds is 1. The van der Waals surface area contributed by atoms with Gasteiger partial charge in [0.2, 0.25) is 0 Å². The van der Waals surface area contributed by atoms with Crippen molar-refractivity contribution in [2.75, 3.05) is 18.0 Å². The molecule has 0 fully saturated rings. The topological polar surface area (TPSA) is 49.0 Å². The summed E-state index contributed by atoms with van der Waals surface area (Å²) < 4.78 is 0. The van der Waals surface area contributed by atoms with Crippen LogP contribution in [-0.2, 0) is 0 Å². The van der Waals surface area contributed by atoms with Crippen molar-refractivity contribution in [1.29, 1.82) is 0 Å². The highest BCUT2D eigenvalue weighted by Gasteiger charge is 2.11. The van der Waals surface area contributed by atoms with Crippen LogP contribution in [0.4, 0.5) is 5.82 Å². The van der Waals surface area contributed by atoms with E-state index in [4.69, 9.17) is 0 Å². The Bertz CT molecular complexity index is 369. The van der Waals surface area contributed by atoms with Crippen LogP contribution in [0.1, 0.15) is 6.42 Å². The van der Waals surface area contributed by atoms with Gasteiger partial charge in [0.25, 0.3) is 5.56 Å². The summed E-state index contributed by atoms with van der Waals surface area (Å²) in [5.74, 6) is 0.520. The molecule has 0 aliphatic carbocycles.